The number of para-hydroxylation sites is 2. The largest absolute Gasteiger partial charge is 0.491 e. The third kappa shape index (κ3) is 1.58. The van der Waals surface area contributed by atoms with Crippen LogP contribution in [-0.2, 0) is 6.30 Å². The number of nitrogens with zero attached hydrogens (tertiary/aromatic N) is 2. The van der Waals surface area contributed by atoms with E-state index in [4.69, 9.17) is 0 Å². The predicted octanol–water partition coefficient (Wildman–Crippen LogP) is 1.87. The minimum Gasteiger partial charge on any atom is -0.267 e. The van der Waals surface area contributed by atoms with Gasteiger partial charge in [-0.3, -0.25) is 4.79 Å². The van der Waals surface area contributed by atoms with E-state index in [0.717, 1.165) is 0 Å². The molecular weight excluding hydrogens is 209 g/mol. The van der Waals surface area contributed by atoms with E-state index in [0.29, 0.717) is 6.20 Å². The van der Waals surface area contributed by atoms with Gasteiger partial charge in [0.1, 0.15) is 0 Å². The van der Waals surface area contributed by atoms with E-state index in [1.807, 2.05) is 0 Å². The summed E-state index contributed by atoms with van der Waals surface area (Å²) in [6.07, 6.45) is -4.06. The van der Waals surface area contributed by atoms with Crippen LogP contribution >= 0.6 is 0 Å². The number of fused-ring (bicyclic) bond motifs is 1. The van der Waals surface area contributed by atoms with E-state index in [9.17, 15) is 18.0 Å². The number of rotatable bonds is 0. The summed E-state index contributed by atoms with van der Waals surface area (Å²) in [5, 5.41) is 0. The van der Waals surface area contributed by atoms with Crippen LogP contribution in [0.4, 0.5) is 13.2 Å². The Morgan fingerprint density at radius 3 is 2.53 bits per heavy atom. The monoisotopic (exact) mass is 214 g/mol. The highest BCUT2D eigenvalue weighted by atomic mass is 19.4. The van der Waals surface area contributed by atoms with Crippen LogP contribution in [0, 0.1) is 0 Å². The van der Waals surface area contributed by atoms with Crippen LogP contribution in [0.1, 0.15) is 0 Å². The first-order valence-electron chi connectivity index (χ1n) is 4.04. The molecule has 0 radical (unpaired) electrons. The maximum Gasteiger partial charge on any atom is 0.491 e. The fraction of sp³-hybridized carbons (Fsp3) is 0.111. The second-order valence-electron chi connectivity index (χ2n) is 2.89. The molecule has 0 atom stereocenters. The summed E-state index contributed by atoms with van der Waals surface area (Å²) < 4.78 is 37.3. The van der Waals surface area contributed by atoms with Crippen molar-refractivity contribution >= 4 is 11.0 Å². The highest BCUT2D eigenvalue weighted by Gasteiger charge is 2.33. The van der Waals surface area contributed by atoms with Gasteiger partial charge in [-0.2, -0.15) is 0 Å². The first-order valence-corrected chi connectivity index (χ1v) is 4.04. The van der Waals surface area contributed by atoms with Gasteiger partial charge in [-0.25, -0.2) is 9.55 Å². The molecule has 2 aromatic rings. The summed E-state index contributed by atoms with van der Waals surface area (Å²) in [6, 6.07) is 5.60. The van der Waals surface area contributed by atoms with Crippen molar-refractivity contribution in [1.29, 1.82) is 0 Å². The fourth-order valence-electron chi connectivity index (χ4n) is 1.33. The van der Waals surface area contributed by atoms with Gasteiger partial charge in [0, 0.05) is 0 Å². The number of alkyl halides is 3. The van der Waals surface area contributed by atoms with Gasteiger partial charge in [0.25, 0.3) is 5.56 Å². The molecule has 1 aromatic carbocycles. The smallest absolute Gasteiger partial charge is 0.267 e. The Morgan fingerprint density at radius 2 is 1.87 bits per heavy atom. The average molecular weight is 214 g/mol. The third-order valence-electron chi connectivity index (χ3n) is 1.91. The zero-order chi connectivity index (χ0) is 11.1. The molecule has 2 rings (SSSR count). The molecule has 0 amide bonds. The van der Waals surface area contributed by atoms with Crippen molar-refractivity contribution in [2.24, 2.45) is 0 Å². The summed E-state index contributed by atoms with van der Waals surface area (Å²) in [5.41, 5.74) is -1.28. The van der Waals surface area contributed by atoms with Crippen molar-refractivity contribution in [3.05, 3.63) is 40.8 Å². The molecule has 0 saturated carbocycles. The molecule has 6 heteroatoms. The predicted molar refractivity (Wildman–Crippen MR) is 47.3 cm³/mol. The highest BCUT2D eigenvalue weighted by Crippen LogP contribution is 2.23. The van der Waals surface area contributed by atoms with Gasteiger partial charge in [-0.1, -0.05) is 12.1 Å². The summed E-state index contributed by atoms with van der Waals surface area (Å²) >= 11 is 0. The molecule has 78 valence electrons. The Labute approximate surface area is 81.8 Å². The van der Waals surface area contributed by atoms with Gasteiger partial charge in [0.05, 0.1) is 17.2 Å². The van der Waals surface area contributed by atoms with Gasteiger partial charge < -0.3 is 0 Å². The minimum atomic E-state index is -4.72. The normalized spacial score (nSPS) is 11.9. The van der Waals surface area contributed by atoms with E-state index in [1.165, 1.54) is 18.2 Å². The lowest BCUT2D eigenvalue weighted by Gasteiger charge is -2.11. The lowest BCUT2D eigenvalue weighted by atomic mass is 10.3. The molecule has 0 aliphatic rings. The van der Waals surface area contributed by atoms with Crippen molar-refractivity contribution in [2.45, 2.75) is 6.30 Å². The number of hydrogen-bond acceptors (Lipinski definition) is 2. The molecule has 1 heterocycles. The molecular formula is C9H5F3N2O. The Hall–Kier alpha value is -1.85. The van der Waals surface area contributed by atoms with Gasteiger partial charge >= 0.3 is 6.30 Å². The maximum absolute atomic E-state index is 12.5. The van der Waals surface area contributed by atoms with E-state index in [2.05, 4.69) is 4.98 Å². The van der Waals surface area contributed by atoms with E-state index in [1.54, 1.807) is 6.07 Å². The van der Waals surface area contributed by atoms with E-state index >= 15 is 0 Å². The summed E-state index contributed by atoms with van der Waals surface area (Å²) in [7, 11) is 0. The van der Waals surface area contributed by atoms with Crippen LogP contribution in [0.2, 0.25) is 0 Å². The maximum atomic E-state index is 12.5. The summed E-state index contributed by atoms with van der Waals surface area (Å²) in [5.74, 6) is 0. The highest BCUT2D eigenvalue weighted by molar-refractivity contribution is 5.74. The molecule has 0 fully saturated rings. The van der Waals surface area contributed by atoms with Crippen molar-refractivity contribution in [2.75, 3.05) is 0 Å². The minimum absolute atomic E-state index is 0.134. The molecule has 0 bridgehead atoms. The van der Waals surface area contributed by atoms with Crippen LogP contribution in [0.3, 0.4) is 0 Å². The topological polar surface area (TPSA) is 34.9 Å². The van der Waals surface area contributed by atoms with Crippen LogP contribution in [0.5, 0.6) is 0 Å². The number of hydrogen-bond donors (Lipinski definition) is 0. The Morgan fingerprint density at radius 1 is 1.20 bits per heavy atom. The molecule has 0 N–H and O–H groups in total. The average Bonchev–Trinajstić information content (AvgIpc) is 2.15. The summed E-state index contributed by atoms with van der Waals surface area (Å²) in [4.78, 5) is 14.7. The second kappa shape index (κ2) is 3.08. The number of aromatic nitrogens is 2. The second-order valence-corrected chi connectivity index (χ2v) is 2.89. The molecule has 15 heavy (non-hydrogen) atoms. The van der Waals surface area contributed by atoms with Gasteiger partial charge in [-0.05, 0) is 12.1 Å². The van der Waals surface area contributed by atoms with Crippen molar-refractivity contribution in [1.82, 2.24) is 9.55 Å². The molecule has 0 aliphatic heterocycles. The zero-order valence-corrected chi connectivity index (χ0v) is 7.32. The number of benzene rings is 1. The molecule has 0 aliphatic carbocycles. The van der Waals surface area contributed by atoms with Crippen molar-refractivity contribution in [3.63, 3.8) is 0 Å². The van der Waals surface area contributed by atoms with Crippen molar-refractivity contribution < 1.29 is 13.2 Å². The molecule has 0 unspecified atom stereocenters. The Kier molecular flexibility index (Phi) is 1.99. The van der Waals surface area contributed by atoms with Gasteiger partial charge in [-0.15, -0.1) is 13.2 Å². The lowest BCUT2D eigenvalue weighted by molar-refractivity contribution is -0.203. The summed E-state index contributed by atoms with van der Waals surface area (Å²) in [6.45, 7) is 0. The van der Waals surface area contributed by atoms with Crippen LogP contribution < -0.4 is 5.56 Å². The van der Waals surface area contributed by atoms with Gasteiger partial charge in [0.2, 0.25) is 0 Å². The third-order valence-corrected chi connectivity index (χ3v) is 1.91. The molecule has 0 saturated heterocycles. The first kappa shape index (κ1) is 9.70. The first-order chi connectivity index (χ1) is 7.00. The standard InChI is InChI=1S/C9H5F3N2O/c10-9(11,12)14-7-4-2-1-3-6(7)13-5-8(14)15/h1-5H. The van der Waals surface area contributed by atoms with Gasteiger partial charge in [0.15, 0.2) is 0 Å². The molecule has 1 aromatic heterocycles. The van der Waals surface area contributed by atoms with Crippen molar-refractivity contribution in [3.8, 4) is 0 Å². The van der Waals surface area contributed by atoms with E-state index in [-0.39, 0.29) is 15.6 Å². The molecule has 0 spiro atoms. The SMILES string of the molecule is O=c1cnc2ccccc2n1C(F)(F)F. The van der Waals surface area contributed by atoms with Crippen LogP contribution in [0.15, 0.2) is 35.3 Å². The Balaban J connectivity index is 2.93. The number of halogens is 3. The van der Waals surface area contributed by atoms with E-state index < -0.39 is 11.9 Å². The Bertz CT molecular complexity index is 559. The van der Waals surface area contributed by atoms with Crippen LogP contribution in [-0.4, -0.2) is 9.55 Å². The molecule has 3 nitrogen and oxygen atoms in total. The van der Waals surface area contributed by atoms with Crippen LogP contribution in [0.25, 0.3) is 11.0 Å². The lowest BCUT2D eigenvalue weighted by Crippen LogP contribution is -2.30. The quantitative estimate of drug-likeness (QED) is 0.671. The zero-order valence-electron chi connectivity index (χ0n) is 7.32. The fourth-order valence-corrected chi connectivity index (χ4v) is 1.33.